The van der Waals surface area contributed by atoms with Crippen LogP contribution in [0.15, 0.2) is 42.5 Å². The van der Waals surface area contributed by atoms with Crippen molar-refractivity contribution in [3.8, 4) is 5.75 Å². The molecule has 0 spiro atoms. The number of benzene rings is 2. The summed E-state index contributed by atoms with van der Waals surface area (Å²) >= 11 is 0. The Balaban J connectivity index is 1.41. The van der Waals surface area contributed by atoms with E-state index >= 15 is 0 Å². The van der Waals surface area contributed by atoms with Gasteiger partial charge in [-0.05, 0) is 53.8 Å². The molecule has 1 saturated carbocycles. The zero-order valence-corrected chi connectivity index (χ0v) is 18.2. The zero-order chi connectivity index (χ0) is 23.6. The third-order valence-corrected chi connectivity index (χ3v) is 6.77. The highest BCUT2D eigenvalue weighted by atomic mass is 19.4. The van der Waals surface area contributed by atoms with E-state index in [1.807, 2.05) is 0 Å². The van der Waals surface area contributed by atoms with Gasteiger partial charge in [0.2, 0.25) is 0 Å². The lowest BCUT2D eigenvalue weighted by atomic mass is 9.69. The third kappa shape index (κ3) is 5.34. The van der Waals surface area contributed by atoms with Gasteiger partial charge in [0, 0.05) is 19.3 Å². The molecule has 4 nitrogen and oxygen atoms in total. The Kier molecular flexibility index (Phi) is 6.98. The van der Waals surface area contributed by atoms with Crippen molar-refractivity contribution >= 4 is 0 Å². The van der Waals surface area contributed by atoms with E-state index in [9.17, 15) is 27.8 Å². The van der Waals surface area contributed by atoms with Gasteiger partial charge in [-0.2, -0.15) is 13.2 Å². The average molecular weight is 468 g/mol. The van der Waals surface area contributed by atoms with Crippen LogP contribution in [-0.4, -0.2) is 41.8 Å². The quantitative estimate of drug-likeness (QED) is 0.555. The Morgan fingerprint density at radius 3 is 2.39 bits per heavy atom. The lowest BCUT2D eigenvalue weighted by Gasteiger charge is -2.42. The second-order valence-electron chi connectivity index (χ2n) is 9.15. The van der Waals surface area contributed by atoms with Crippen LogP contribution in [0.3, 0.4) is 0 Å². The van der Waals surface area contributed by atoms with E-state index in [0.29, 0.717) is 30.6 Å². The molecule has 1 aliphatic carbocycles. The van der Waals surface area contributed by atoms with Crippen LogP contribution in [0.25, 0.3) is 0 Å². The van der Waals surface area contributed by atoms with Crippen LogP contribution < -0.4 is 4.74 Å². The summed E-state index contributed by atoms with van der Waals surface area (Å²) in [5.74, 6) is -0.0330. The molecule has 2 aromatic rings. The van der Waals surface area contributed by atoms with Crippen molar-refractivity contribution in [3.63, 3.8) is 0 Å². The van der Waals surface area contributed by atoms with Crippen molar-refractivity contribution in [3.05, 3.63) is 65.0 Å². The Hall–Kier alpha value is -2.16. The van der Waals surface area contributed by atoms with Crippen LogP contribution >= 0.6 is 0 Å². The van der Waals surface area contributed by atoms with E-state index in [1.165, 1.54) is 6.07 Å². The van der Waals surface area contributed by atoms with Gasteiger partial charge in [-0.25, -0.2) is 4.39 Å². The monoisotopic (exact) mass is 468 g/mol. The zero-order valence-electron chi connectivity index (χ0n) is 18.2. The first kappa shape index (κ1) is 24.0. The van der Waals surface area contributed by atoms with E-state index in [-0.39, 0.29) is 31.7 Å². The Bertz CT molecular complexity index is 940. The number of aliphatic hydroxyl groups excluding tert-OH is 2. The number of hydrogen-bond acceptors (Lipinski definition) is 4. The Morgan fingerprint density at radius 2 is 1.79 bits per heavy atom. The lowest BCUT2D eigenvalue weighted by Crippen LogP contribution is -2.48. The summed E-state index contributed by atoms with van der Waals surface area (Å²) in [6.45, 7) is -0.589. The molecule has 0 aromatic heterocycles. The molecule has 4 rings (SSSR count). The van der Waals surface area contributed by atoms with Crippen LogP contribution in [-0.2, 0) is 11.2 Å². The average Bonchev–Trinajstić information content (AvgIpc) is 2.74. The normalized spacial score (nSPS) is 24.8. The number of aliphatic hydroxyl groups is 2. The minimum Gasteiger partial charge on any atom is -0.493 e. The van der Waals surface area contributed by atoms with Crippen molar-refractivity contribution in [1.82, 2.24) is 0 Å². The molecule has 33 heavy (non-hydrogen) atoms. The molecule has 0 amide bonds. The summed E-state index contributed by atoms with van der Waals surface area (Å²) in [5, 5.41) is 19.4. The van der Waals surface area contributed by atoms with Crippen LogP contribution in [0.2, 0.25) is 0 Å². The maximum absolute atomic E-state index is 14.5. The summed E-state index contributed by atoms with van der Waals surface area (Å²) in [4.78, 5) is 0. The molecular formula is C25H28F4O4. The molecule has 2 N–H and O–H groups in total. The van der Waals surface area contributed by atoms with Gasteiger partial charge in [-0.15, -0.1) is 0 Å². The summed E-state index contributed by atoms with van der Waals surface area (Å²) < 4.78 is 65.6. The maximum Gasteiger partial charge on any atom is 0.397 e. The number of ether oxygens (including phenoxy) is 2. The van der Waals surface area contributed by atoms with E-state index in [0.717, 1.165) is 11.1 Å². The van der Waals surface area contributed by atoms with Gasteiger partial charge in [-0.1, -0.05) is 24.6 Å². The predicted molar refractivity (Wildman–Crippen MR) is 113 cm³/mol. The van der Waals surface area contributed by atoms with E-state index < -0.39 is 36.5 Å². The molecule has 1 saturated heterocycles. The van der Waals surface area contributed by atoms with Crippen LogP contribution in [0.5, 0.6) is 5.75 Å². The van der Waals surface area contributed by atoms with Crippen LogP contribution in [0.1, 0.15) is 54.9 Å². The van der Waals surface area contributed by atoms with Gasteiger partial charge in [-0.3, -0.25) is 0 Å². The first-order chi connectivity index (χ1) is 15.7. The molecule has 2 fully saturated rings. The molecule has 1 heterocycles. The number of alkyl halides is 3. The number of hydrogen-bond donors (Lipinski definition) is 2. The maximum atomic E-state index is 14.5. The van der Waals surface area contributed by atoms with E-state index in [2.05, 4.69) is 0 Å². The van der Waals surface area contributed by atoms with Gasteiger partial charge in [0.25, 0.3) is 0 Å². The van der Waals surface area contributed by atoms with Crippen LogP contribution in [0, 0.1) is 11.2 Å². The van der Waals surface area contributed by atoms with Crippen molar-refractivity contribution in [1.29, 1.82) is 0 Å². The second-order valence-corrected chi connectivity index (χ2v) is 9.15. The molecule has 0 radical (unpaired) electrons. The van der Waals surface area contributed by atoms with Gasteiger partial charge < -0.3 is 19.7 Å². The predicted octanol–water partition coefficient (Wildman–Crippen LogP) is 5.10. The SMILES string of the molecule is OCC1CC(O)CC(c2ccc(F)c(Cc3ccc(OCC4(C(F)(F)F)CCC4)cc3)c2)O1. The highest BCUT2D eigenvalue weighted by Crippen LogP contribution is 2.53. The van der Waals surface area contributed by atoms with Gasteiger partial charge in [0.1, 0.15) is 18.2 Å². The molecule has 180 valence electrons. The molecule has 2 aromatic carbocycles. The Morgan fingerprint density at radius 1 is 1.06 bits per heavy atom. The molecular weight excluding hydrogens is 440 g/mol. The van der Waals surface area contributed by atoms with Gasteiger partial charge >= 0.3 is 6.18 Å². The minimum absolute atomic E-state index is 0.0883. The fraction of sp³-hybridized carbons (Fsp3) is 0.520. The first-order valence-electron chi connectivity index (χ1n) is 11.2. The van der Waals surface area contributed by atoms with Crippen molar-refractivity contribution < 1.29 is 37.2 Å². The first-order valence-corrected chi connectivity index (χ1v) is 11.2. The van der Waals surface area contributed by atoms with Crippen molar-refractivity contribution in [2.45, 2.75) is 63.0 Å². The van der Waals surface area contributed by atoms with Gasteiger partial charge in [0.15, 0.2) is 0 Å². The summed E-state index contributed by atoms with van der Waals surface area (Å²) in [6, 6.07) is 11.3. The molecule has 3 unspecified atom stereocenters. The molecule has 1 aliphatic heterocycles. The van der Waals surface area contributed by atoms with E-state index in [4.69, 9.17) is 9.47 Å². The standard InChI is InChI=1S/C25H28F4O4/c26-22-7-4-17(23-13-19(31)12-21(14-30)33-23)11-18(22)10-16-2-5-20(6-3-16)32-15-24(8-1-9-24)25(27,28)29/h2-7,11,19,21,23,30-31H,1,8-10,12-15H2. The molecule has 0 bridgehead atoms. The van der Waals surface area contributed by atoms with Gasteiger partial charge in [0.05, 0.1) is 30.3 Å². The fourth-order valence-corrected chi connectivity index (χ4v) is 4.51. The summed E-state index contributed by atoms with van der Waals surface area (Å²) in [5.41, 5.74) is 0.196. The van der Waals surface area contributed by atoms with Crippen molar-refractivity contribution in [2.24, 2.45) is 5.41 Å². The third-order valence-electron chi connectivity index (χ3n) is 6.77. The summed E-state index contributed by atoms with van der Waals surface area (Å²) in [7, 11) is 0. The lowest BCUT2D eigenvalue weighted by molar-refractivity contribution is -0.259. The minimum atomic E-state index is -4.27. The van der Waals surface area contributed by atoms with Crippen LogP contribution in [0.4, 0.5) is 17.6 Å². The van der Waals surface area contributed by atoms with E-state index in [1.54, 1.807) is 36.4 Å². The smallest absolute Gasteiger partial charge is 0.397 e. The van der Waals surface area contributed by atoms with Crippen molar-refractivity contribution in [2.75, 3.05) is 13.2 Å². The number of rotatable bonds is 7. The Labute approximate surface area is 190 Å². The highest BCUT2D eigenvalue weighted by molar-refractivity contribution is 5.34. The largest absolute Gasteiger partial charge is 0.493 e. The number of halogens is 4. The molecule has 8 heteroatoms. The molecule has 3 atom stereocenters. The fourth-order valence-electron chi connectivity index (χ4n) is 4.51. The summed E-state index contributed by atoms with van der Waals surface area (Å²) in [6.07, 6.45) is -4.03. The highest BCUT2D eigenvalue weighted by Gasteiger charge is 2.58. The topological polar surface area (TPSA) is 58.9 Å². The molecule has 2 aliphatic rings. The second kappa shape index (κ2) is 9.60.